The van der Waals surface area contributed by atoms with Gasteiger partial charge in [-0.2, -0.15) is 0 Å². The average molecular weight is 361 g/mol. The summed E-state index contributed by atoms with van der Waals surface area (Å²) in [6.45, 7) is 3.11. The first-order valence-electron chi connectivity index (χ1n) is 7.21. The van der Waals surface area contributed by atoms with Gasteiger partial charge < -0.3 is 18.9 Å². The summed E-state index contributed by atoms with van der Waals surface area (Å²) < 4.78 is 35.2. The average Bonchev–Trinajstić information content (AvgIpc) is 2.91. The first-order valence-corrected chi connectivity index (χ1v) is 7.59. The van der Waals surface area contributed by atoms with Crippen molar-refractivity contribution in [2.45, 2.75) is 37.0 Å². The molecular formula is C16H18ClFO6. The van der Waals surface area contributed by atoms with E-state index in [1.54, 1.807) is 32.0 Å². The molecule has 0 saturated carbocycles. The molecule has 1 aliphatic heterocycles. The van der Waals surface area contributed by atoms with Crippen LogP contribution in [0.5, 0.6) is 0 Å². The van der Waals surface area contributed by atoms with Gasteiger partial charge in [-0.1, -0.05) is 29.8 Å². The van der Waals surface area contributed by atoms with E-state index in [9.17, 15) is 14.0 Å². The third kappa shape index (κ3) is 4.03. The zero-order valence-electron chi connectivity index (χ0n) is 13.5. The third-order valence-electron chi connectivity index (χ3n) is 3.43. The number of hydrogen-bond donors (Lipinski definition) is 0. The largest absolute Gasteiger partial charge is 0.466 e. The molecule has 6 nitrogen and oxygen atoms in total. The number of rotatable bonds is 5. The Morgan fingerprint density at radius 3 is 2.50 bits per heavy atom. The SMILES string of the molecule is COC(=O)[C@](F)(Cl)C(OC(=O)c1ccccc1)[C@H]1COC(C)(C)O1. The lowest BCUT2D eigenvalue weighted by Gasteiger charge is -2.30. The molecule has 1 fully saturated rings. The number of methoxy groups -OCH3 is 1. The summed E-state index contributed by atoms with van der Waals surface area (Å²) >= 11 is 5.70. The molecule has 132 valence electrons. The first kappa shape index (κ1) is 18.6. The monoisotopic (exact) mass is 360 g/mol. The smallest absolute Gasteiger partial charge is 0.363 e. The molecule has 1 saturated heterocycles. The number of carbonyl (C=O) groups is 2. The van der Waals surface area contributed by atoms with E-state index in [4.69, 9.17) is 25.8 Å². The summed E-state index contributed by atoms with van der Waals surface area (Å²) in [4.78, 5) is 23.9. The van der Waals surface area contributed by atoms with Crippen LogP contribution in [0.15, 0.2) is 30.3 Å². The number of alkyl halides is 2. The highest BCUT2D eigenvalue weighted by Gasteiger charge is 2.56. The van der Waals surface area contributed by atoms with E-state index in [-0.39, 0.29) is 12.2 Å². The van der Waals surface area contributed by atoms with Crippen molar-refractivity contribution in [1.29, 1.82) is 0 Å². The number of esters is 2. The molecule has 1 aliphatic rings. The van der Waals surface area contributed by atoms with Gasteiger partial charge in [0.1, 0.15) is 6.10 Å². The van der Waals surface area contributed by atoms with Gasteiger partial charge in [0.2, 0.25) is 0 Å². The van der Waals surface area contributed by atoms with Gasteiger partial charge in [0.05, 0.1) is 19.3 Å². The van der Waals surface area contributed by atoms with Gasteiger partial charge in [0, 0.05) is 0 Å². The van der Waals surface area contributed by atoms with Gasteiger partial charge in [-0.25, -0.2) is 14.0 Å². The molecule has 3 atom stereocenters. The van der Waals surface area contributed by atoms with Crippen molar-refractivity contribution in [1.82, 2.24) is 0 Å². The Kier molecular flexibility index (Phi) is 5.47. The highest BCUT2D eigenvalue weighted by Crippen LogP contribution is 2.35. The van der Waals surface area contributed by atoms with Crippen LogP contribution in [-0.4, -0.2) is 48.8 Å². The second kappa shape index (κ2) is 7.04. The van der Waals surface area contributed by atoms with Gasteiger partial charge in [-0.15, -0.1) is 0 Å². The number of halogens is 2. The maximum atomic E-state index is 14.8. The van der Waals surface area contributed by atoms with Gasteiger partial charge >= 0.3 is 17.1 Å². The van der Waals surface area contributed by atoms with Gasteiger partial charge in [-0.3, -0.25) is 0 Å². The van der Waals surface area contributed by atoms with E-state index in [1.807, 2.05) is 0 Å². The molecule has 0 bridgehead atoms. The van der Waals surface area contributed by atoms with E-state index in [1.165, 1.54) is 12.1 Å². The highest BCUT2D eigenvalue weighted by molar-refractivity contribution is 6.33. The molecule has 0 aromatic heterocycles. The van der Waals surface area contributed by atoms with Gasteiger partial charge in [-0.05, 0) is 26.0 Å². The number of carbonyl (C=O) groups excluding carboxylic acids is 2. The van der Waals surface area contributed by atoms with E-state index in [0.717, 1.165) is 7.11 Å². The molecule has 2 rings (SSSR count). The van der Waals surface area contributed by atoms with Crippen LogP contribution >= 0.6 is 11.6 Å². The minimum atomic E-state index is -3.12. The lowest BCUT2D eigenvalue weighted by molar-refractivity contribution is -0.174. The maximum absolute atomic E-state index is 14.8. The van der Waals surface area contributed by atoms with E-state index in [0.29, 0.717) is 0 Å². The topological polar surface area (TPSA) is 71.1 Å². The van der Waals surface area contributed by atoms with Crippen LogP contribution in [0.3, 0.4) is 0 Å². The van der Waals surface area contributed by atoms with Crippen molar-refractivity contribution >= 4 is 23.5 Å². The van der Waals surface area contributed by atoms with Crippen molar-refractivity contribution in [3.63, 3.8) is 0 Å². The lowest BCUT2D eigenvalue weighted by atomic mass is 10.1. The van der Waals surface area contributed by atoms with Crippen molar-refractivity contribution in [2.24, 2.45) is 0 Å². The zero-order chi connectivity index (χ0) is 18.0. The number of ether oxygens (including phenoxy) is 4. The highest BCUT2D eigenvalue weighted by atomic mass is 35.5. The number of benzene rings is 1. The van der Waals surface area contributed by atoms with Crippen LogP contribution in [-0.2, 0) is 23.7 Å². The fourth-order valence-corrected chi connectivity index (χ4v) is 2.52. The van der Waals surface area contributed by atoms with Crippen LogP contribution in [0.2, 0.25) is 0 Å². The third-order valence-corrected chi connectivity index (χ3v) is 3.80. The maximum Gasteiger partial charge on any atom is 0.363 e. The normalized spacial score (nSPS) is 23.1. The molecule has 1 unspecified atom stereocenters. The molecule has 0 N–H and O–H groups in total. The van der Waals surface area contributed by atoms with E-state index < -0.39 is 35.1 Å². The minimum absolute atomic E-state index is 0.102. The fourth-order valence-electron chi connectivity index (χ4n) is 2.26. The summed E-state index contributed by atoms with van der Waals surface area (Å²) in [6, 6.07) is 7.92. The van der Waals surface area contributed by atoms with Crippen molar-refractivity contribution in [3.05, 3.63) is 35.9 Å². The standard InChI is InChI=1S/C16H18ClFO6/c1-15(2)22-9-11(24-15)12(16(17,18)14(20)21-3)23-13(19)10-7-5-4-6-8-10/h4-8,11-12H,9H2,1-3H3/t11-,12?,16+/m1/s1. The summed E-state index contributed by atoms with van der Waals surface area (Å²) in [5, 5.41) is -3.12. The Morgan fingerprint density at radius 2 is 2.00 bits per heavy atom. The van der Waals surface area contributed by atoms with Crippen LogP contribution < -0.4 is 0 Å². The summed E-state index contributed by atoms with van der Waals surface area (Å²) in [5.74, 6) is -3.26. The van der Waals surface area contributed by atoms with Crippen LogP contribution in [0.25, 0.3) is 0 Å². The predicted molar refractivity (Wildman–Crippen MR) is 82.3 cm³/mol. The molecule has 1 heterocycles. The molecule has 24 heavy (non-hydrogen) atoms. The summed E-state index contributed by atoms with van der Waals surface area (Å²) in [6.07, 6.45) is -2.82. The molecule has 0 aliphatic carbocycles. The Bertz CT molecular complexity index is 604. The Labute approximate surface area is 143 Å². The van der Waals surface area contributed by atoms with E-state index >= 15 is 0 Å². The second-order valence-electron chi connectivity index (χ2n) is 5.67. The van der Waals surface area contributed by atoms with Crippen molar-refractivity contribution < 1.29 is 32.9 Å². The summed E-state index contributed by atoms with van der Waals surface area (Å²) in [7, 11) is 0.977. The minimum Gasteiger partial charge on any atom is -0.466 e. The molecule has 0 spiro atoms. The Hall–Kier alpha value is -1.70. The quantitative estimate of drug-likeness (QED) is 0.593. The number of hydrogen-bond acceptors (Lipinski definition) is 6. The predicted octanol–water partition coefficient (Wildman–Crippen LogP) is 2.44. The molecule has 0 amide bonds. The molecule has 8 heteroatoms. The van der Waals surface area contributed by atoms with Gasteiger partial charge in [0.25, 0.3) is 0 Å². The Balaban J connectivity index is 2.26. The first-order chi connectivity index (χ1) is 11.2. The lowest BCUT2D eigenvalue weighted by Crippen LogP contribution is -2.51. The Morgan fingerprint density at radius 1 is 1.38 bits per heavy atom. The van der Waals surface area contributed by atoms with Crippen molar-refractivity contribution in [2.75, 3.05) is 13.7 Å². The second-order valence-corrected chi connectivity index (χ2v) is 6.22. The van der Waals surface area contributed by atoms with Crippen LogP contribution in [0.1, 0.15) is 24.2 Å². The molecule has 1 aromatic rings. The van der Waals surface area contributed by atoms with E-state index in [2.05, 4.69) is 4.74 Å². The fraction of sp³-hybridized carbons (Fsp3) is 0.500. The van der Waals surface area contributed by atoms with Crippen LogP contribution in [0.4, 0.5) is 4.39 Å². The molecular weight excluding hydrogens is 343 g/mol. The molecule has 1 aromatic carbocycles. The zero-order valence-corrected chi connectivity index (χ0v) is 14.2. The molecule has 0 radical (unpaired) electrons. The van der Waals surface area contributed by atoms with Crippen molar-refractivity contribution in [3.8, 4) is 0 Å². The van der Waals surface area contributed by atoms with Gasteiger partial charge in [0.15, 0.2) is 11.9 Å². The summed E-state index contributed by atoms with van der Waals surface area (Å²) in [5.41, 5.74) is 0.179. The van der Waals surface area contributed by atoms with Crippen LogP contribution in [0, 0.1) is 0 Å².